The Kier molecular flexibility index (Phi) is 5.43. The van der Waals surface area contributed by atoms with E-state index < -0.39 is 0 Å². The van der Waals surface area contributed by atoms with Crippen molar-refractivity contribution in [2.75, 3.05) is 0 Å². The number of rotatable bonds is 3. The Balaban J connectivity index is 1.36. The number of fused-ring (bicyclic) bond motifs is 7. The van der Waals surface area contributed by atoms with Gasteiger partial charge in [-0.1, -0.05) is 131 Å². The number of para-hydroxylation sites is 2. The van der Waals surface area contributed by atoms with Crippen LogP contribution in [0.4, 0.5) is 0 Å². The average Bonchev–Trinajstić information content (AvgIpc) is 3.46. The van der Waals surface area contributed by atoms with Crippen LogP contribution in [0.5, 0.6) is 0 Å². The maximum absolute atomic E-state index is 5.40. The van der Waals surface area contributed by atoms with Crippen molar-refractivity contribution >= 4 is 75.7 Å². The second-order valence-electron chi connectivity index (χ2n) is 11.9. The highest BCUT2D eigenvalue weighted by Crippen LogP contribution is 2.45. The number of halogens is 1. The van der Waals surface area contributed by atoms with E-state index in [1.54, 1.807) is 0 Å². The zero-order valence-electron chi connectivity index (χ0n) is 24.6. The highest BCUT2D eigenvalue weighted by molar-refractivity contribution is 9.10. The van der Waals surface area contributed by atoms with Crippen molar-refractivity contribution in [3.63, 3.8) is 0 Å². The van der Waals surface area contributed by atoms with Gasteiger partial charge in [-0.25, -0.2) is 9.97 Å². The van der Waals surface area contributed by atoms with Crippen LogP contribution in [0.1, 0.15) is 0 Å². The molecule has 0 amide bonds. The van der Waals surface area contributed by atoms with Crippen LogP contribution < -0.4 is 0 Å². The fourth-order valence-corrected chi connectivity index (χ4v) is 7.84. The molecule has 0 atom stereocenters. The van der Waals surface area contributed by atoms with Gasteiger partial charge in [-0.2, -0.15) is 0 Å². The largest absolute Gasteiger partial charge is 0.307 e. The van der Waals surface area contributed by atoms with Gasteiger partial charge in [-0.05, 0) is 52.2 Å². The van der Waals surface area contributed by atoms with E-state index in [9.17, 15) is 0 Å². The molecule has 46 heavy (non-hydrogen) atoms. The first kappa shape index (κ1) is 25.7. The van der Waals surface area contributed by atoms with Crippen LogP contribution in [0.2, 0.25) is 0 Å². The third kappa shape index (κ3) is 3.59. The fraction of sp³-hybridized carbons (Fsp3) is 0. The lowest BCUT2D eigenvalue weighted by Crippen LogP contribution is -1.99. The molecule has 0 saturated heterocycles. The molecule has 10 rings (SSSR count). The Hall–Kier alpha value is -5.58. The predicted octanol–water partition coefficient (Wildman–Crippen LogP) is 11.7. The lowest BCUT2D eigenvalue weighted by Gasteiger charge is -2.17. The minimum absolute atomic E-state index is 0.717. The molecule has 4 heteroatoms. The van der Waals surface area contributed by atoms with Crippen LogP contribution in [-0.4, -0.2) is 14.4 Å². The first-order chi connectivity index (χ1) is 22.7. The average molecular weight is 651 g/mol. The topological polar surface area (TPSA) is 30.2 Å². The SMILES string of the molecule is Brc1ccc2c3cccc(-c4nc(-c5ccccc5)c5cc(-c6ccccc6)ccc5n4)c3n3c4ccccc4c4ccc1c2c43. The Bertz CT molecular complexity index is 2800. The van der Waals surface area contributed by atoms with E-state index in [2.05, 4.69) is 166 Å². The molecule has 0 aliphatic rings. The van der Waals surface area contributed by atoms with Crippen molar-refractivity contribution in [2.45, 2.75) is 0 Å². The zero-order valence-corrected chi connectivity index (χ0v) is 26.2. The third-order valence-electron chi connectivity index (χ3n) is 9.40. The van der Waals surface area contributed by atoms with E-state index in [0.717, 1.165) is 43.3 Å². The summed E-state index contributed by atoms with van der Waals surface area (Å²) in [5.41, 5.74) is 9.79. The molecule has 0 aliphatic heterocycles. The molecule has 0 N–H and O–H groups in total. The lowest BCUT2D eigenvalue weighted by atomic mass is 9.96. The smallest absolute Gasteiger partial charge is 0.162 e. The first-order valence-electron chi connectivity index (χ1n) is 15.5. The molecular weight excluding hydrogens is 626 g/mol. The number of benzene rings is 7. The van der Waals surface area contributed by atoms with Crippen molar-refractivity contribution < 1.29 is 0 Å². The molecule has 0 saturated carbocycles. The summed E-state index contributed by atoms with van der Waals surface area (Å²) in [6.45, 7) is 0. The van der Waals surface area contributed by atoms with Crippen LogP contribution in [0, 0.1) is 0 Å². The summed E-state index contributed by atoms with van der Waals surface area (Å²) in [6.07, 6.45) is 0. The van der Waals surface area contributed by atoms with Crippen LogP contribution in [0.25, 0.3) is 93.5 Å². The maximum Gasteiger partial charge on any atom is 0.162 e. The van der Waals surface area contributed by atoms with Crippen molar-refractivity contribution in [1.29, 1.82) is 0 Å². The molecule has 214 valence electrons. The van der Waals surface area contributed by atoms with Gasteiger partial charge in [0.15, 0.2) is 5.82 Å². The quantitative estimate of drug-likeness (QED) is 0.141. The van der Waals surface area contributed by atoms with Crippen LogP contribution in [0.15, 0.2) is 150 Å². The number of aromatic nitrogens is 3. The van der Waals surface area contributed by atoms with Crippen molar-refractivity contribution in [3.8, 4) is 33.8 Å². The van der Waals surface area contributed by atoms with Gasteiger partial charge < -0.3 is 4.40 Å². The van der Waals surface area contributed by atoms with Crippen LogP contribution >= 0.6 is 15.9 Å². The summed E-state index contributed by atoms with van der Waals surface area (Å²) in [5.74, 6) is 0.717. The molecular formula is C42H24BrN3. The van der Waals surface area contributed by atoms with Gasteiger partial charge in [0.05, 0.1) is 27.8 Å². The molecule has 0 unspecified atom stereocenters. The summed E-state index contributed by atoms with van der Waals surface area (Å²) in [7, 11) is 0. The molecule has 7 aromatic carbocycles. The second kappa shape index (κ2) is 9.71. The second-order valence-corrected chi connectivity index (χ2v) is 12.7. The molecule has 0 aliphatic carbocycles. The maximum atomic E-state index is 5.40. The number of hydrogen-bond donors (Lipinski definition) is 0. The molecule has 3 heterocycles. The molecule has 0 bridgehead atoms. The minimum Gasteiger partial charge on any atom is -0.307 e. The van der Waals surface area contributed by atoms with E-state index in [1.807, 2.05) is 0 Å². The summed E-state index contributed by atoms with van der Waals surface area (Å²) in [4.78, 5) is 10.7. The van der Waals surface area contributed by atoms with E-state index >= 15 is 0 Å². The molecule has 3 aromatic heterocycles. The Morgan fingerprint density at radius 2 is 1.15 bits per heavy atom. The van der Waals surface area contributed by atoms with E-state index in [4.69, 9.17) is 9.97 Å². The van der Waals surface area contributed by atoms with E-state index in [0.29, 0.717) is 5.82 Å². The van der Waals surface area contributed by atoms with Gasteiger partial charge in [0.25, 0.3) is 0 Å². The molecule has 10 aromatic rings. The van der Waals surface area contributed by atoms with Gasteiger partial charge in [-0.15, -0.1) is 0 Å². The molecule has 3 nitrogen and oxygen atoms in total. The molecule has 0 radical (unpaired) electrons. The summed E-state index contributed by atoms with van der Waals surface area (Å²) >= 11 is 3.84. The minimum atomic E-state index is 0.717. The first-order valence-corrected chi connectivity index (χ1v) is 16.2. The highest BCUT2D eigenvalue weighted by Gasteiger charge is 2.22. The van der Waals surface area contributed by atoms with Crippen molar-refractivity contribution in [2.24, 2.45) is 0 Å². The van der Waals surface area contributed by atoms with Crippen LogP contribution in [0.3, 0.4) is 0 Å². The van der Waals surface area contributed by atoms with Gasteiger partial charge in [0, 0.05) is 42.5 Å². The van der Waals surface area contributed by atoms with Crippen molar-refractivity contribution in [3.05, 3.63) is 150 Å². The summed E-state index contributed by atoms with van der Waals surface area (Å²) in [5, 5.41) is 8.42. The van der Waals surface area contributed by atoms with E-state index in [1.165, 1.54) is 48.9 Å². The summed E-state index contributed by atoms with van der Waals surface area (Å²) in [6, 6.07) is 51.7. The Morgan fingerprint density at radius 1 is 0.457 bits per heavy atom. The zero-order chi connectivity index (χ0) is 30.4. The highest BCUT2D eigenvalue weighted by atomic mass is 79.9. The predicted molar refractivity (Wildman–Crippen MR) is 196 cm³/mol. The number of nitrogens with zero attached hydrogens (tertiary/aromatic N) is 3. The van der Waals surface area contributed by atoms with Gasteiger partial charge in [0.1, 0.15) is 0 Å². The number of pyridine rings is 1. The summed E-state index contributed by atoms with van der Waals surface area (Å²) < 4.78 is 3.55. The number of hydrogen-bond acceptors (Lipinski definition) is 2. The van der Waals surface area contributed by atoms with Crippen LogP contribution in [-0.2, 0) is 0 Å². The third-order valence-corrected chi connectivity index (χ3v) is 10.1. The molecule has 0 spiro atoms. The normalized spacial score (nSPS) is 12.0. The standard InChI is InChI=1S/C42H24BrN3/c43-35-22-21-29-30-15-9-16-33(40(30)46-37-17-8-7-14-28(37)31-19-20-32(35)38(29)41(31)46)42-44-36-23-18-27(25-10-3-1-4-11-25)24-34(36)39(45-42)26-12-5-2-6-13-26/h1-24H. The van der Waals surface area contributed by atoms with Gasteiger partial charge >= 0.3 is 0 Å². The van der Waals surface area contributed by atoms with Gasteiger partial charge in [-0.3, -0.25) is 0 Å². The van der Waals surface area contributed by atoms with E-state index in [-0.39, 0.29) is 0 Å². The van der Waals surface area contributed by atoms with Crippen molar-refractivity contribution in [1.82, 2.24) is 14.4 Å². The fourth-order valence-electron chi connectivity index (χ4n) is 7.37. The Morgan fingerprint density at radius 3 is 2.00 bits per heavy atom. The Labute approximate surface area is 272 Å². The van der Waals surface area contributed by atoms with Gasteiger partial charge in [0.2, 0.25) is 0 Å². The monoisotopic (exact) mass is 649 g/mol. The lowest BCUT2D eigenvalue weighted by molar-refractivity contribution is 1.22. The molecule has 0 fully saturated rings.